The third-order valence-electron chi connectivity index (χ3n) is 8.29. The van der Waals surface area contributed by atoms with Crippen molar-refractivity contribution in [2.45, 2.75) is 96.9 Å². The average Bonchev–Trinajstić information content (AvgIpc) is 3.08. The van der Waals surface area contributed by atoms with Gasteiger partial charge in [0.1, 0.15) is 11.8 Å². The van der Waals surface area contributed by atoms with Crippen molar-refractivity contribution in [2.24, 2.45) is 5.41 Å². The van der Waals surface area contributed by atoms with Gasteiger partial charge in [0.25, 0.3) is 5.91 Å². The summed E-state index contributed by atoms with van der Waals surface area (Å²) in [6.45, 7) is 10.4. The first-order valence-electron chi connectivity index (χ1n) is 17.6. The first-order valence-corrected chi connectivity index (χ1v) is 19.0. The number of benzene rings is 2. The van der Waals surface area contributed by atoms with Crippen molar-refractivity contribution in [1.82, 2.24) is 20.3 Å². The molecule has 0 spiro atoms. The first kappa shape index (κ1) is 41.1. The van der Waals surface area contributed by atoms with Crippen LogP contribution in [0.3, 0.4) is 0 Å². The highest BCUT2D eigenvalue weighted by Gasteiger charge is 2.29. The summed E-state index contributed by atoms with van der Waals surface area (Å²) in [5.74, 6) is -0.840. The van der Waals surface area contributed by atoms with Crippen molar-refractivity contribution in [3.63, 3.8) is 0 Å². The summed E-state index contributed by atoms with van der Waals surface area (Å²) >= 11 is 0. The zero-order valence-corrected chi connectivity index (χ0v) is 31.7. The van der Waals surface area contributed by atoms with E-state index in [0.29, 0.717) is 41.8 Å². The zero-order valence-electron chi connectivity index (χ0n) is 30.8. The lowest BCUT2D eigenvalue weighted by Crippen LogP contribution is -2.49. The Kier molecular flexibility index (Phi) is 16.1. The van der Waals surface area contributed by atoms with E-state index >= 15 is 0 Å². The van der Waals surface area contributed by atoms with Gasteiger partial charge in [-0.15, -0.1) is 0 Å². The number of amides is 2. The van der Waals surface area contributed by atoms with Crippen molar-refractivity contribution < 1.29 is 32.3 Å². The molecule has 51 heavy (non-hydrogen) atoms. The largest absolute Gasteiger partial charge is 0.494 e. The number of methoxy groups -OCH3 is 1. The Labute approximate surface area is 303 Å². The van der Waals surface area contributed by atoms with E-state index in [1.807, 2.05) is 30.3 Å². The molecule has 0 saturated carbocycles. The van der Waals surface area contributed by atoms with Gasteiger partial charge in [0.15, 0.2) is 0 Å². The van der Waals surface area contributed by atoms with Gasteiger partial charge in [-0.25, -0.2) is 8.42 Å². The van der Waals surface area contributed by atoms with Crippen LogP contribution in [0.15, 0.2) is 65.7 Å². The lowest BCUT2D eigenvalue weighted by atomic mass is 9.91. The SMILES string of the molecule is COC(=O)C(CNC(=O)c1ccc(CCCCc2ccccn2)cc1)NS(=O)(=O)c1c(C)cc(OCCCC(=O)NCCCC(C)(C)C)cc1C. The Morgan fingerprint density at radius 1 is 0.882 bits per heavy atom. The van der Waals surface area contributed by atoms with Crippen LogP contribution in [0.5, 0.6) is 5.75 Å². The van der Waals surface area contributed by atoms with Crippen LogP contribution in [-0.4, -0.2) is 64.0 Å². The van der Waals surface area contributed by atoms with E-state index < -0.39 is 27.9 Å². The number of hydrogen-bond acceptors (Lipinski definition) is 8. The number of hydrogen-bond donors (Lipinski definition) is 3. The van der Waals surface area contributed by atoms with Gasteiger partial charge in [0.05, 0.1) is 18.6 Å². The molecule has 0 bridgehead atoms. The minimum atomic E-state index is -4.21. The number of unbranched alkanes of at least 4 members (excludes halogenated alkanes) is 1. The van der Waals surface area contributed by atoms with E-state index in [1.54, 1.807) is 44.3 Å². The van der Waals surface area contributed by atoms with Gasteiger partial charge >= 0.3 is 5.97 Å². The molecule has 1 unspecified atom stereocenters. The zero-order chi connectivity index (χ0) is 37.4. The van der Waals surface area contributed by atoms with E-state index in [9.17, 15) is 22.8 Å². The van der Waals surface area contributed by atoms with E-state index in [0.717, 1.165) is 56.9 Å². The van der Waals surface area contributed by atoms with Crippen LogP contribution in [-0.2, 0) is 37.2 Å². The Morgan fingerprint density at radius 2 is 1.57 bits per heavy atom. The number of nitrogens with zero attached hydrogens (tertiary/aromatic N) is 1. The van der Waals surface area contributed by atoms with E-state index in [4.69, 9.17) is 9.47 Å². The number of esters is 1. The van der Waals surface area contributed by atoms with Crippen LogP contribution in [0.25, 0.3) is 0 Å². The Balaban J connectivity index is 1.50. The van der Waals surface area contributed by atoms with Gasteiger partial charge in [0, 0.05) is 37.0 Å². The minimum Gasteiger partial charge on any atom is -0.494 e. The van der Waals surface area contributed by atoms with Gasteiger partial charge in [-0.1, -0.05) is 39.0 Å². The summed E-state index contributed by atoms with van der Waals surface area (Å²) in [6.07, 6.45) is 8.34. The smallest absolute Gasteiger partial charge is 0.325 e. The number of ether oxygens (including phenoxy) is 2. The van der Waals surface area contributed by atoms with Crippen LogP contribution >= 0.6 is 0 Å². The van der Waals surface area contributed by atoms with Crippen molar-refractivity contribution in [3.8, 4) is 5.75 Å². The van der Waals surface area contributed by atoms with Crippen LogP contribution in [0, 0.1) is 19.3 Å². The summed E-state index contributed by atoms with van der Waals surface area (Å²) in [5, 5.41) is 5.59. The molecule has 0 radical (unpaired) electrons. The third-order valence-corrected chi connectivity index (χ3v) is 10.1. The second kappa shape index (κ2) is 19.9. The highest BCUT2D eigenvalue weighted by atomic mass is 32.2. The highest BCUT2D eigenvalue weighted by molar-refractivity contribution is 7.89. The summed E-state index contributed by atoms with van der Waals surface area (Å²) < 4.78 is 40.1. The van der Waals surface area contributed by atoms with Crippen molar-refractivity contribution in [3.05, 3.63) is 88.7 Å². The molecule has 3 aromatic rings. The third kappa shape index (κ3) is 14.5. The molecule has 3 N–H and O–H groups in total. The topological polar surface area (TPSA) is 153 Å². The lowest BCUT2D eigenvalue weighted by Gasteiger charge is -2.20. The molecule has 1 atom stereocenters. The molecule has 3 rings (SSSR count). The van der Waals surface area contributed by atoms with Gasteiger partial charge < -0.3 is 20.1 Å². The number of pyridine rings is 1. The second-order valence-corrected chi connectivity index (χ2v) is 15.6. The fraction of sp³-hybridized carbons (Fsp3) is 0.487. The van der Waals surface area contributed by atoms with Gasteiger partial charge in [-0.3, -0.25) is 19.4 Å². The Hall–Kier alpha value is -4.29. The van der Waals surface area contributed by atoms with E-state index in [2.05, 4.69) is 41.1 Å². The molecule has 2 aromatic carbocycles. The maximum Gasteiger partial charge on any atom is 0.325 e. The number of rotatable bonds is 20. The molecule has 1 aromatic heterocycles. The number of nitrogens with one attached hydrogen (secondary N) is 3. The summed E-state index contributed by atoms with van der Waals surface area (Å²) in [5.41, 5.74) is 3.61. The van der Waals surface area contributed by atoms with E-state index in [1.165, 1.54) is 0 Å². The van der Waals surface area contributed by atoms with Crippen molar-refractivity contribution in [1.29, 1.82) is 0 Å². The molecule has 0 aliphatic carbocycles. The Bertz CT molecular complexity index is 1670. The molecule has 2 amide bonds. The molecule has 0 fully saturated rings. The van der Waals surface area contributed by atoms with Crippen molar-refractivity contribution in [2.75, 3.05) is 26.8 Å². The fourth-order valence-corrected chi connectivity index (χ4v) is 7.28. The summed E-state index contributed by atoms with van der Waals surface area (Å²) in [6, 6.07) is 14.9. The number of carbonyl (C=O) groups excluding carboxylic acids is 3. The van der Waals surface area contributed by atoms with Crippen LogP contribution < -0.4 is 20.1 Å². The lowest BCUT2D eigenvalue weighted by molar-refractivity contribution is -0.142. The maximum atomic E-state index is 13.5. The second-order valence-electron chi connectivity index (χ2n) is 14.0. The van der Waals surface area contributed by atoms with E-state index in [-0.39, 0.29) is 29.4 Å². The van der Waals surface area contributed by atoms with Gasteiger partial charge in [0.2, 0.25) is 15.9 Å². The summed E-state index contributed by atoms with van der Waals surface area (Å²) in [4.78, 5) is 42.0. The van der Waals surface area contributed by atoms with Crippen LogP contribution in [0.4, 0.5) is 0 Å². The monoisotopic (exact) mass is 722 g/mol. The highest BCUT2D eigenvalue weighted by Crippen LogP contribution is 2.26. The van der Waals surface area contributed by atoms with Gasteiger partial charge in [-0.05, 0) is 117 Å². The maximum absolute atomic E-state index is 13.5. The molecule has 12 heteroatoms. The van der Waals surface area contributed by atoms with Crippen LogP contribution in [0.1, 0.15) is 92.0 Å². The first-order chi connectivity index (χ1) is 24.2. The number of carbonyl (C=O) groups is 3. The molecular weight excluding hydrogens is 669 g/mol. The minimum absolute atomic E-state index is 0.000310. The molecule has 0 aliphatic rings. The molecule has 0 saturated heterocycles. The normalized spacial score (nSPS) is 12.2. The molecule has 0 aliphatic heterocycles. The average molecular weight is 723 g/mol. The number of aromatic nitrogens is 1. The standard InChI is InChI=1S/C39H54N4O7S/c1-28-25-33(50-24-11-16-35(44)41-23-12-21-39(3,4)5)26-29(2)36(28)51(47,48)43-34(38(46)49-6)27-42-37(45)31-19-17-30(18-20-31)13-7-8-14-32-15-9-10-22-40-32/h9-10,15,17-20,22,25-26,34,43H,7-8,11-14,16,21,23-24,27H2,1-6H3,(H,41,44)(H,42,45). The van der Waals surface area contributed by atoms with Gasteiger partial charge in [-0.2, -0.15) is 4.72 Å². The van der Waals surface area contributed by atoms with Crippen LogP contribution in [0.2, 0.25) is 0 Å². The Morgan fingerprint density at radius 3 is 2.20 bits per heavy atom. The van der Waals surface area contributed by atoms with Crippen molar-refractivity contribution >= 4 is 27.8 Å². The molecule has 11 nitrogen and oxygen atoms in total. The molecular formula is C39H54N4O7S. The molecule has 278 valence electrons. The summed E-state index contributed by atoms with van der Waals surface area (Å²) in [7, 11) is -3.06. The fourth-order valence-electron chi connectivity index (χ4n) is 5.64. The molecule has 1 heterocycles. The predicted octanol–water partition coefficient (Wildman–Crippen LogP) is 5.62. The number of sulfonamides is 1. The predicted molar refractivity (Wildman–Crippen MR) is 198 cm³/mol. The quantitative estimate of drug-likeness (QED) is 0.101. The number of aryl methyl sites for hydroxylation is 4.